The zero-order valence-electron chi connectivity index (χ0n) is 22.7. The second-order valence-corrected chi connectivity index (χ2v) is 13.7. The summed E-state index contributed by atoms with van der Waals surface area (Å²) in [7, 11) is -3.09. The number of aliphatic hydroxyl groups is 1. The number of halogens is 2. The fourth-order valence-electron chi connectivity index (χ4n) is 4.94. The Labute approximate surface area is 226 Å². The lowest BCUT2D eigenvalue weighted by molar-refractivity contribution is 0.0307. The van der Waals surface area contributed by atoms with Gasteiger partial charge >= 0.3 is 5.69 Å². The number of carbonyl (C=O) groups is 1. The van der Waals surface area contributed by atoms with Crippen molar-refractivity contribution in [3.8, 4) is 11.4 Å². The van der Waals surface area contributed by atoms with Crippen LogP contribution < -0.4 is 10.4 Å². The summed E-state index contributed by atoms with van der Waals surface area (Å²) >= 11 is 0. The molecule has 1 aliphatic heterocycles. The highest BCUT2D eigenvalue weighted by molar-refractivity contribution is 7.91. The van der Waals surface area contributed by atoms with E-state index in [1.54, 1.807) is 19.1 Å². The summed E-state index contributed by atoms with van der Waals surface area (Å²) in [6.07, 6.45) is -0.753. The predicted octanol–water partition coefficient (Wildman–Crippen LogP) is 4.75. The van der Waals surface area contributed by atoms with Gasteiger partial charge in [-0.1, -0.05) is 6.92 Å². The first-order chi connectivity index (χ1) is 18.0. The molecule has 2 aromatic carbocycles. The summed E-state index contributed by atoms with van der Waals surface area (Å²) in [6, 6.07) is 7.41. The molecule has 1 aromatic heterocycles. The van der Waals surface area contributed by atoms with E-state index in [0.717, 1.165) is 10.6 Å². The molecule has 11 heteroatoms. The molecule has 4 rings (SSSR count). The molecule has 0 radical (unpaired) electrons. The van der Waals surface area contributed by atoms with E-state index in [-0.39, 0.29) is 40.7 Å². The number of hydrogen-bond donors (Lipinski definition) is 1. The van der Waals surface area contributed by atoms with Crippen molar-refractivity contribution < 1.29 is 31.8 Å². The average molecular weight is 565 g/mol. The smallest absolute Gasteiger partial charge is 0.334 e. The third-order valence-electron chi connectivity index (χ3n) is 7.68. The summed E-state index contributed by atoms with van der Waals surface area (Å²) in [4.78, 5) is 27.1. The topological polar surface area (TPSA) is 108 Å². The molecule has 8 nitrogen and oxygen atoms in total. The van der Waals surface area contributed by atoms with E-state index in [1.165, 1.54) is 43.5 Å². The Morgan fingerprint density at radius 1 is 1.13 bits per heavy atom. The van der Waals surface area contributed by atoms with Crippen molar-refractivity contribution in [3.63, 3.8) is 0 Å². The van der Waals surface area contributed by atoms with Crippen LogP contribution in [-0.4, -0.2) is 51.9 Å². The van der Waals surface area contributed by atoms with E-state index in [4.69, 9.17) is 4.74 Å². The molecular formula is C28H34F2N2O6S. The number of ketones is 1. The van der Waals surface area contributed by atoms with Gasteiger partial charge < -0.3 is 9.84 Å². The highest BCUT2D eigenvalue weighted by Gasteiger charge is 2.36. The minimum Gasteiger partial charge on any atom is -0.461 e. The monoisotopic (exact) mass is 564 g/mol. The molecule has 0 bridgehead atoms. The molecule has 2 atom stereocenters. The van der Waals surface area contributed by atoms with Crippen molar-refractivity contribution >= 4 is 26.7 Å². The molecule has 0 spiro atoms. The number of aromatic nitrogens is 2. The third-order valence-corrected chi connectivity index (χ3v) is 9.33. The molecule has 1 saturated heterocycles. The van der Waals surface area contributed by atoms with Crippen LogP contribution in [0.3, 0.4) is 0 Å². The van der Waals surface area contributed by atoms with E-state index < -0.39 is 44.8 Å². The zero-order valence-corrected chi connectivity index (χ0v) is 23.5. The molecule has 2 heterocycles. The highest BCUT2D eigenvalue weighted by atomic mass is 32.2. The molecule has 0 saturated carbocycles. The van der Waals surface area contributed by atoms with E-state index in [9.17, 15) is 27.5 Å². The first kappa shape index (κ1) is 28.9. The van der Waals surface area contributed by atoms with E-state index in [1.807, 2.05) is 6.92 Å². The maximum absolute atomic E-state index is 15.0. The van der Waals surface area contributed by atoms with Crippen LogP contribution >= 0.6 is 0 Å². The molecule has 212 valence electrons. The fourth-order valence-corrected chi connectivity index (χ4v) is 6.75. The summed E-state index contributed by atoms with van der Waals surface area (Å²) in [6.45, 7) is 7.80. The maximum atomic E-state index is 15.0. The Morgan fingerprint density at radius 2 is 1.77 bits per heavy atom. The number of alkyl halides is 1. The molecular weight excluding hydrogens is 530 g/mol. The van der Waals surface area contributed by atoms with Crippen LogP contribution in [0.1, 0.15) is 70.3 Å². The Hall–Kier alpha value is -3.05. The molecule has 1 N–H and O–H groups in total. The van der Waals surface area contributed by atoms with Crippen molar-refractivity contribution in [2.75, 3.05) is 11.5 Å². The van der Waals surface area contributed by atoms with Crippen LogP contribution in [0, 0.1) is 11.2 Å². The van der Waals surface area contributed by atoms with Crippen LogP contribution in [-0.2, 0) is 9.84 Å². The van der Waals surface area contributed by atoms with Gasteiger partial charge in [0.2, 0.25) is 6.36 Å². The standard InChI is InChI=1S/C28H34F2N2O6S/c1-17(27(3,4)35)31-24-14-19(25(33)16-28(5)10-12-39(36,37)13-11-28)6-9-22(24)32(26(31)34)23-15-20(38-18(2)29)7-8-21(23)30/h6-9,14-15,17-18,35H,10-13,16H2,1-5H3/t17-,18?/m1/s1. The van der Waals surface area contributed by atoms with Gasteiger partial charge in [-0.2, -0.15) is 0 Å². The lowest BCUT2D eigenvalue weighted by Gasteiger charge is -2.32. The first-order valence-electron chi connectivity index (χ1n) is 12.8. The second kappa shape index (κ2) is 10.2. The Bertz CT molecular complexity index is 1570. The van der Waals surface area contributed by atoms with Gasteiger partial charge in [0.25, 0.3) is 0 Å². The normalized spacial score (nSPS) is 18.6. The Kier molecular flexibility index (Phi) is 7.54. The van der Waals surface area contributed by atoms with Gasteiger partial charge in [-0.25, -0.2) is 22.0 Å². The van der Waals surface area contributed by atoms with Gasteiger partial charge in [0, 0.05) is 25.0 Å². The SMILES string of the molecule is CC(F)Oc1ccc(F)c(-n2c(=O)n([C@H](C)C(C)(C)O)c3cc(C(=O)CC4(C)CCS(=O)(=O)CC4)ccc32)c1. The van der Waals surface area contributed by atoms with Gasteiger partial charge in [0.05, 0.1) is 39.9 Å². The zero-order chi connectivity index (χ0) is 28.9. The third kappa shape index (κ3) is 5.94. The lowest BCUT2D eigenvalue weighted by atomic mass is 9.78. The Balaban J connectivity index is 1.85. The molecule has 0 amide bonds. The van der Waals surface area contributed by atoms with Gasteiger partial charge in [-0.15, -0.1) is 0 Å². The van der Waals surface area contributed by atoms with E-state index in [2.05, 4.69) is 0 Å². The predicted molar refractivity (Wildman–Crippen MR) is 145 cm³/mol. The summed E-state index contributed by atoms with van der Waals surface area (Å²) < 4.78 is 59.8. The van der Waals surface area contributed by atoms with Gasteiger partial charge in [0.15, 0.2) is 5.78 Å². The van der Waals surface area contributed by atoms with Gasteiger partial charge in [0.1, 0.15) is 21.4 Å². The first-order valence-corrected chi connectivity index (χ1v) is 14.7. The summed E-state index contributed by atoms with van der Waals surface area (Å²) in [5, 5.41) is 10.8. The van der Waals surface area contributed by atoms with Gasteiger partial charge in [-0.05, 0) is 69.4 Å². The number of rotatable bonds is 8. The number of Topliss-reactive ketones (excluding diaryl/α,β-unsaturated/α-hetero) is 1. The molecule has 0 aliphatic carbocycles. The van der Waals surface area contributed by atoms with Crippen molar-refractivity contribution in [1.82, 2.24) is 9.13 Å². The van der Waals surface area contributed by atoms with Gasteiger partial charge in [-0.3, -0.25) is 13.9 Å². The number of carbonyl (C=O) groups excluding carboxylic acids is 1. The number of imidazole rings is 1. The lowest BCUT2D eigenvalue weighted by Crippen LogP contribution is -2.37. The largest absolute Gasteiger partial charge is 0.461 e. The molecule has 3 aromatic rings. The number of nitrogens with zero attached hydrogens (tertiary/aromatic N) is 2. The van der Waals surface area contributed by atoms with E-state index in [0.29, 0.717) is 23.9 Å². The van der Waals surface area contributed by atoms with Crippen molar-refractivity contribution in [1.29, 1.82) is 0 Å². The molecule has 1 fully saturated rings. The number of hydrogen-bond acceptors (Lipinski definition) is 6. The minimum atomic E-state index is -3.09. The van der Waals surface area contributed by atoms with Crippen molar-refractivity contribution in [2.24, 2.45) is 5.41 Å². The van der Waals surface area contributed by atoms with Crippen LogP contribution in [0.25, 0.3) is 16.7 Å². The number of fused-ring (bicyclic) bond motifs is 1. The summed E-state index contributed by atoms with van der Waals surface area (Å²) in [5.74, 6) is -0.849. The summed E-state index contributed by atoms with van der Waals surface area (Å²) in [5.41, 5.74) is -1.74. The van der Waals surface area contributed by atoms with Crippen LogP contribution in [0.2, 0.25) is 0 Å². The quantitative estimate of drug-likeness (QED) is 0.396. The highest BCUT2D eigenvalue weighted by Crippen LogP contribution is 2.37. The van der Waals surface area contributed by atoms with Crippen LogP contribution in [0.4, 0.5) is 8.78 Å². The average Bonchev–Trinajstić information content (AvgIpc) is 3.11. The molecule has 39 heavy (non-hydrogen) atoms. The molecule has 1 unspecified atom stereocenters. The number of benzene rings is 2. The van der Waals surface area contributed by atoms with Crippen molar-refractivity contribution in [3.05, 3.63) is 58.3 Å². The second-order valence-electron chi connectivity index (χ2n) is 11.4. The van der Waals surface area contributed by atoms with E-state index >= 15 is 4.39 Å². The Morgan fingerprint density at radius 3 is 2.36 bits per heavy atom. The number of ether oxygens (including phenoxy) is 1. The van der Waals surface area contributed by atoms with Crippen molar-refractivity contribution in [2.45, 2.75) is 71.9 Å². The fraction of sp³-hybridized carbons (Fsp3) is 0.500. The maximum Gasteiger partial charge on any atom is 0.334 e. The number of sulfone groups is 1. The minimum absolute atomic E-state index is 0.0271. The van der Waals surface area contributed by atoms with Crippen LogP contribution in [0.5, 0.6) is 5.75 Å². The van der Waals surface area contributed by atoms with Crippen LogP contribution in [0.15, 0.2) is 41.2 Å². The molecule has 1 aliphatic rings.